The first-order valence-corrected chi connectivity index (χ1v) is 11.3. The molecule has 0 saturated carbocycles. The fourth-order valence-corrected chi connectivity index (χ4v) is 5.37. The summed E-state index contributed by atoms with van der Waals surface area (Å²) in [6, 6.07) is 13.4. The van der Waals surface area contributed by atoms with E-state index in [9.17, 15) is 14.0 Å². The molecule has 32 heavy (non-hydrogen) atoms. The van der Waals surface area contributed by atoms with E-state index < -0.39 is 0 Å². The largest absolute Gasteiger partial charge is 0.382 e. The van der Waals surface area contributed by atoms with Crippen LogP contribution in [0.1, 0.15) is 23.2 Å². The molecule has 0 radical (unpaired) electrons. The average Bonchev–Trinajstić information content (AvgIpc) is 2.81. The van der Waals surface area contributed by atoms with Gasteiger partial charge in [0.2, 0.25) is 5.91 Å². The van der Waals surface area contributed by atoms with Gasteiger partial charge in [0.05, 0.1) is 12.1 Å². The summed E-state index contributed by atoms with van der Waals surface area (Å²) in [6.45, 7) is 2.54. The Kier molecular flexibility index (Phi) is 5.80. The SMILES string of the molecule is O=C(Nc1ccc(NC2CCNC3NC(=O)C4CNCCC4C23)cc1)c1ccc(F)cc1. The van der Waals surface area contributed by atoms with E-state index in [1.165, 1.54) is 24.3 Å². The second kappa shape index (κ2) is 8.88. The monoisotopic (exact) mass is 437 g/mol. The topological polar surface area (TPSA) is 94.3 Å². The molecule has 0 aliphatic carbocycles. The molecule has 8 heteroatoms. The lowest BCUT2D eigenvalue weighted by Crippen LogP contribution is -2.69. The Morgan fingerprint density at radius 1 is 0.969 bits per heavy atom. The Morgan fingerprint density at radius 3 is 2.50 bits per heavy atom. The van der Waals surface area contributed by atoms with Gasteiger partial charge in [0.25, 0.3) is 5.91 Å². The molecule has 3 fully saturated rings. The van der Waals surface area contributed by atoms with Gasteiger partial charge < -0.3 is 21.3 Å². The molecule has 2 aromatic carbocycles. The summed E-state index contributed by atoms with van der Waals surface area (Å²) < 4.78 is 13.1. The summed E-state index contributed by atoms with van der Waals surface area (Å²) >= 11 is 0. The molecular weight excluding hydrogens is 409 g/mol. The molecule has 5 unspecified atom stereocenters. The molecule has 0 bridgehead atoms. The van der Waals surface area contributed by atoms with Crippen molar-refractivity contribution in [1.82, 2.24) is 16.0 Å². The first-order chi connectivity index (χ1) is 15.6. The van der Waals surface area contributed by atoms with E-state index in [-0.39, 0.29) is 35.8 Å². The minimum atomic E-state index is -0.370. The van der Waals surface area contributed by atoms with Crippen molar-refractivity contribution >= 4 is 23.2 Å². The van der Waals surface area contributed by atoms with Crippen molar-refractivity contribution in [1.29, 1.82) is 0 Å². The summed E-state index contributed by atoms with van der Waals surface area (Å²) in [7, 11) is 0. The van der Waals surface area contributed by atoms with Crippen LogP contribution in [-0.2, 0) is 4.79 Å². The number of anilines is 2. The van der Waals surface area contributed by atoms with Crippen molar-refractivity contribution in [3.63, 3.8) is 0 Å². The van der Waals surface area contributed by atoms with Gasteiger partial charge >= 0.3 is 0 Å². The number of hydrogen-bond acceptors (Lipinski definition) is 5. The van der Waals surface area contributed by atoms with Gasteiger partial charge in [0, 0.05) is 35.4 Å². The third-order valence-electron chi connectivity index (χ3n) is 6.93. The van der Waals surface area contributed by atoms with Gasteiger partial charge in [-0.1, -0.05) is 0 Å². The predicted molar refractivity (Wildman–Crippen MR) is 121 cm³/mol. The molecular formula is C24H28FN5O2. The van der Waals surface area contributed by atoms with E-state index >= 15 is 0 Å². The highest BCUT2D eigenvalue weighted by molar-refractivity contribution is 6.04. The van der Waals surface area contributed by atoms with Crippen molar-refractivity contribution in [3.05, 3.63) is 59.9 Å². The van der Waals surface area contributed by atoms with Crippen LogP contribution in [-0.4, -0.2) is 43.7 Å². The van der Waals surface area contributed by atoms with Crippen LogP contribution in [0.2, 0.25) is 0 Å². The van der Waals surface area contributed by atoms with Gasteiger partial charge in [-0.15, -0.1) is 0 Å². The second-order valence-electron chi connectivity index (χ2n) is 8.86. The van der Waals surface area contributed by atoms with E-state index in [1.54, 1.807) is 0 Å². The summed E-state index contributed by atoms with van der Waals surface area (Å²) in [5, 5.41) is 16.5. The maximum atomic E-state index is 13.1. The van der Waals surface area contributed by atoms with Crippen LogP contribution >= 0.6 is 0 Å². The van der Waals surface area contributed by atoms with E-state index in [4.69, 9.17) is 0 Å². The van der Waals surface area contributed by atoms with Crippen LogP contribution in [0.4, 0.5) is 15.8 Å². The van der Waals surface area contributed by atoms with Gasteiger partial charge in [-0.3, -0.25) is 14.9 Å². The first kappa shape index (κ1) is 20.9. The number of hydrogen-bond donors (Lipinski definition) is 5. The Labute approximate surface area is 186 Å². The Morgan fingerprint density at radius 2 is 1.72 bits per heavy atom. The lowest BCUT2D eigenvalue weighted by atomic mass is 9.68. The molecule has 3 aliphatic heterocycles. The maximum absolute atomic E-state index is 13.1. The molecule has 5 rings (SSSR count). The number of benzene rings is 2. The highest BCUT2D eigenvalue weighted by Crippen LogP contribution is 2.38. The van der Waals surface area contributed by atoms with E-state index in [2.05, 4.69) is 26.6 Å². The number of carbonyl (C=O) groups excluding carboxylic acids is 2. The van der Waals surface area contributed by atoms with Crippen LogP contribution in [0.15, 0.2) is 48.5 Å². The fraction of sp³-hybridized carbons (Fsp3) is 0.417. The Bertz CT molecular complexity index is 981. The lowest BCUT2D eigenvalue weighted by Gasteiger charge is -2.51. The average molecular weight is 438 g/mol. The second-order valence-corrected chi connectivity index (χ2v) is 8.86. The summed E-state index contributed by atoms with van der Waals surface area (Å²) in [5.74, 6) is 0.212. The standard InChI is InChI=1S/C24H28FN5O2/c25-15-3-1-14(2-4-15)23(31)29-17-7-5-16(6-8-17)28-20-10-12-27-22-21(20)18-9-11-26-13-19(18)24(32)30-22/h1-8,18-22,26-28H,9-13H2,(H,29,31)(H,30,32). The minimum Gasteiger partial charge on any atom is -0.382 e. The molecule has 2 amide bonds. The van der Waals surface area contributed by atoms with Crippen molar-refractivity contribution in [2.75, 3.05) is 30.3 Å². The Balaban J connectivity index is 1.26. The van der Waals surface area contributed by atoms with Gasteiger partial charge in [-0.25, -0.2) is 4.39 Å². The van der Waals surface area contributed by atoms with Gasteiger partial charge in [-0.05, 0) is 80.4 Å². The predicted octanol–water partition coefficient (Wildman–Crippen LogP) is 2.15. The molecule has 0 spiro atoms. The van der Waals surface area contributed by atoms with Crippen LogP contribution in [0.25, 0.3) is 0 Å². The zero-order valence-electron chi connectivity index (χ0n) is 17.7. The molecule has 3 saturated heterocycles. The first-order valence-electron chi connectivity index (χ1n) is 11.3. The van der Waals surface area contributed by atoms with Gasteiger partial charge in [-0.2, -0.15) is 0 Å². The van der Waals surface area contributed by atoms with Crippen molar-refractivity contribution in [2.24, 2.45) is 17.8 Å². The van der Waals surface area contributed by atoms with Crippen LogP contribution in [0.5, 0.6) is 0 Å². The summed E-state index contributed by atoms with van der Waals surface area (Å²) in [5.41, 5.74) is 2.07. The fourth-order valence-electron chi connectivity index (χ4n) is 5.37. The molecule has 5 N–H and O–H groups in total. The number of amides is 2. The highest BCUT2D eigenvalue weighted by atomic mass is 19.1. The summed E-state index contributed by atoms with van der Waals surface area (Å²) in [6.07, 6.45) is 1.99. The van der Waals surface area contributed by atoms with E-state index in [0.717, 1.165) is 38.2 Å². The molecule has 168 valence electrons. The zero-order chi connectivity index (χ0) is 22.1. The van der Waals surface area contributed by atoms with Crippen LogP contribution < -0.4 is 26.6 Å². The smallest absolute Gasteiger partial charge is 0.255 e. The minimum absolute atomic E-state index is 0.00219. The van der Waals surface area contributed by atoms with Crippen LogP contribution in [0, 0.1) is 23.6 Å². The molecule has 3 heterocycles. The number of halogens is 1. The van der Waals surface area contributed by atoms with E-state index in [1.807, 2.05) is 24.3 Å². The lowest BCUT2D eigenvalue weighted by molar-refractivity contribution is -0.135. The van der Waals surface area contributed by atoms with Crippen molar-refractivity contribution < 1.29 is 14.0 Å². The third-order valence-corrected chi connectivity index (χ3v) is 6.93. The number of fused-ring (bicyclic) bond motifs is 3. The summed E-state index contributed by atoms with van der Waals surface area (Å²) in [4.78, 5) is 24.9. The molecule has 3 aliphatic rings. The highest BCUT2D eigenvalue weighted by Gasteiger charge is 2.49. The van der Waals surface area contributed by atoms with Crippen molar-refractivity contribution in [3.8, 4) is 0 Å². The molecule has 5 atom stereocenters. The number of piperidine rings is 3. The quantitative estimate of drug-likeness (QED) is 0.505. The normalized spacial score (nSPS) is 29.3. The zero-order valence-corrected chi connectivity index (χ0v) is 17.7. The number of rotatable bonds is 4. The van der Waals surface area contributed by atoms with Gasteiger partial charge in [0.15, 0.2) is 0 Å². The van der Waals surface area contributed by atoms with E-state index in [0.29, 0.717) is 23.1 Å². The number of carbonyl (C=O) groups is 2. The molecule has 7 nitrogen and oxygen atoms in total. The number of nitrogens with one attached hydrogen (secondary N) is 5. The van der Waals surface area contributed by atoms with Crippen molar-refractivity contribution in [2.45, 2.75) is 25.0 Å². The van der Waals surface area contributed by atoms with Crippen LogP contribution in [0.3, 0.4) is 0 Å². The van der Waals surface area contributed by atoms with Gasteiger partial charge in [0.1, 0.15) is 5.82 Å². The molecule has 0 aromatic heterocycles. The maximum Gasteiger partial charge on any atom is 0.255 e. The Hall–Kier alpha value is -2.97. The molecule has 2 aromatic rings. The third kappa shape index (κ3) is 4.20.